The number of hydrogen-bond donors (Lipinski definition) is 1. The summed E-state index contributed by atoms with van der Waals surface area (Å²) in [5.74, 6) is -0.00756. The normalized spacial score (nSPS) is 12.3. The fourth-order valence-corrected chi connectivity index (χ4v) is 1.30. The molecule has 0 bridgehead atoms. The molecule has 0 aliphatic rings. The Balaban J connectivity index is 3.32. The van der Waals surface area contributed by atoms with E-state index in [-0.39, 0.29) is 21.9 Å². The standard InChI is InChI=1S/C6H7ClN2O4S/c1-12-4-3(7)5(13-2)9-6(8-4)14(10)11/h1-2H3,(H,10,11). The lowest BCUT2D eigenvalue weighted by Gasteiger charge is -2.06. The van der Waals surface area contributed by atoms with Gasteiger partial charge in [-0.1, -0.05) is 11.6 Å². The predicted molar refractivity (Wildman–Crippen MR) is 49.2 cm³/mol. The summed E-state index contributed by atoms with van der Waals surface area (Å²) in [6.07, 6.45) is 0. The zero-order chi connectivity index (χ0) is 10.7. The van der Waals surface area contributed by atoms with Crippen LogP contribution >= 0.6 is 11.6 Å². The van der Waals surface area contributed by atoms with Gasteiger partial charge in [0.25, 0.3) is 5.16 Å². The van der Waals surface area contributed by atoms with E-state index >= 15 is 0 Å². The maximum Gasteiger partial charge on any atom is 0.253 e. The molecule has 0 fully saturated rings. The second kappa shape index (κ2) is 4.54. The van der Waals surface area contributed by atoms with Gasteiger partial charge in [-0.15, -0.1) is 0 Å². The number of ether oxygens (including phenoxy) is 2. The van der Waals surface area contributed by atoms with Crippen LogP contribution in [-0.4, -0.2) is 32.9 Å². The van der Waals surface area contributed by atoms with E-state index in [0.29, 0.717) is 0 Å². The summed E-state index contributed by atoms with van der Waals surface area (Å²) in [6.45, 7) is 0. The highest BCUT2D eigenvalue weighted by atomic mass is 35.5. The molecule has 0 amide bonds. The predicted octanol–water partition coefficient (Wildman–Crippen LogP) is 0.728. The van der Waals surface area contributed by atoms with Gasteiger partial charge < -0.3 is 9.47 Å². The molecule has 78 valence electrons. The average Bonchev–Trinajstić information content (AvgIpc) is 2.17. The molecule has 1 aromatic heterocycles. The van der Waals surface area contributed by atoms with Crippen LogP contribution < -0.4 is 9.47 Å². The zero-order valence-electron chi connectivity index (χ0n) is 7.35. The van der Waals surface area contributed by atoms with Gasteiger partial charge in [-0.25, -0.2) is 4.21 Å². The van der Waals surface area contributed by atoms with Gasteiger partial charge in [0.05, 0.1) is 14.2 Å². The van der Waals surface area contributed by atoms with Crippen molar-refractivity contribution < 1.29 is 18.2 Å². The van der Waals surface area contributed by atoms with E-state index in [1.165, 1.54) is 14.2 Å². The van der Waals surface area contributed by atoms with Gasteiger partial charge in [0, 0.05) is 0 Å². The molecule has 0 aromatic carbocycles. The Bertz CT molecular complexity index is 348. The van der Waals surface area contributed by atoms with Crippen molar-refractivity contribution in [1.82, 2.24) is 9.97 Å². The van der Waals surface area contributed by atoms with E-state index in [4.69, 9.17) is 25.6 Å². The van der Waals surface area contributed by atoms with Crippen LogP contribution in [0.3, 0.4) is 0 Å². The molecule has 1 aromatic rings. The lowest BCUT2D eigenvalue weighted by atomic mass is 10.6. The van der Waals surface area contributed by atoms with Gasteiger partial charge in [-0.2, -0.15) is 9.97 Å². The van der Waals surface area contributed by atoms with Gasteiger partial charge in [0.15, 0.2) is 5.02 Å². The molecule has 1 heterocycles. The van der Waals surface area contributed by atoms with E-state index in [1.54, 1.807) is 0 Å². The smallest absolute Gasteiger partial charge is 0.253 e. The molecule has 1 atom stereocenters. The summed E-state index contributed by atoms with van der Waals surface area (Å²) in [5, 5.41) is -0.257. The Morgan fingerprint density at radius 2 is 1.71 bits per heavy atom. The van der Waals surface area contributed by atoms with E-state index in [0.717, 1.165) is 0 Å². The zero-order valence-corrected chi connectivity index (χ0v) is 8.93. The third-order valence-corrected chi connectivity index (χ3v) is 2.13. The van der Waals surface area contributed by atoms with Crippen LogP contribution in [-0.2, 0) is 11.1 Å². The first-order chi connectivity index (χ1) is 6.60. The number of hydrogen-bond acceptors (Lipinski definition) is 5. The summed E-state index contributed by atoms with van der Waals surface area (Å²) in [7, 11) is 2.66. The average molecular weight is 239 g/mol. The molecule has 0 aliphatic carbocycles. The van der Waals surface area contributed by atoms with Crippen molar-refractivity contribution >= 4 is 22.7 Å². The van der Waals surface area contributed by atoms with Gasteiger partial charge in [-0.05, 0) is 0 Å². The molecule has 1 rings (SSSR count). The van der Waals surface area contributed by atoms with Gasteiger partial charge in [0.2, 0.25) is 22.8 Å². The van der Waals surface area contributed by atoms with E-state index in [1.807, 2.05) is 0 Å². The lowest BCUT2D eigenvalue weighted by Crippen LogP contribution is -2.03. The highest BCUT2D eigenvalue weighted by molar-refractivity contribution is 7.79. The molecular weight excluding hydrogens is 232 g/mol. The molecule has 0 saturated heterocycles. The molecular formula is C6H7ClN2O4S. The van der Waals surface area contributed by atoms with Gasteiger partial charge >= 0.3 is 0 Å². The van der Waals surface area contributed by atoms with E-state index in [2.05, 4.69) is 9.97 Å². The molecule has 0 spiro atoms. The first kappa shape index (κ1) is 11.2. The van der Waals surface area contributed by atoms with Crippen molar-refractivity contribution in [3.8, 4) is 11.8 Å². The second-order valence-electron chi connectivity index (χ2n) is 2.09. The largest absolute Gasteiger partial charge is 0.480 e. The summed E-state index contributed by atoms with van der Waals surface area (Å²) in [5.41, 5.74) is 0. The highest BCUT2D eigenvalue weighted by Crippen LogP contribution is 2.30. The summed E-state index contributed by atoms with van der Waals surface area (Å²) >= 11 is 3.43. The molecule has 0 aliphatic heterocycles. The fourth-order valence-electron chi connectivity index (χ4n) is 0.737. The molecule has 1 unspecified atom stereocenters. The quantitative estimate of drug-likeness (QED) is 0.618. The Labute approximate surface area is 87.5 Å². The van der Waals surface area contributed by atoms with E-state index in [9.17, 15) is 4.21 Å². The van der Waals surface area contributed by atoms with Crippen molar-refractivity contribution in [2.45, 2.75) is 5.16 Å². The number of halogens is 1. The number of rotatable bonds is 3. The van der Waals surface area contributed by atoms with Crippen molar-refractivity contribution in [3.63, 3.8) is 0 Å². The molecule has 0 saturated carbocycles. The van der Waals surface area contributed by atoms with Gasteiger partial charge in [-0.3, -0.25) is 4.55 Å². The second-order valence-corrected chi connectivity index (χ2v) is 3.33. The fraction of sp³-hybridized carbons (Fsp3) is 0.333. The van der Waals surface area contributed by atoms with Crippen molar-refractivity contribution in [1.29, 1.82) is 0 Å². The SMILES string of the molecule is COc1nc(S(=O)O)nc(OC)c1Cl. The number of methoxy groups -OCH3 is 2. The van der Waals surface area contributed by atoms with Crippen molar-refractivity contribution in [3.05, 3.63) is 5.02 Å². The molecule has 6 nitrogen and oxygen atoms in total. The molecule has 14 heavy (non-hydrogen) atoms. The lowest BCUT2D eigenvalue weighted by molar-refractivity contribution is 0.362. The van der Waals surface area contributed by atoms with Crippen LogP contribution in [0.5, 0.6) is 11.8 Å². The monoisotopic (exact) mass is 238 g/mol. The Hall–Kier alpha value is -0.920. The van der Waals surface area contributed by atoms with Crippen LogP contribution in [0.4, 0.5) is 0 Å². The maximum atomic E-state index is 10.7. The first-order valence-corrected chi connectivity index (χ1v) is 4.85. The van der Waals surface area contributed by atoms with Crippen LogP contribution in [0.2, 0.25) is 5.02 Å². The summed E-state index contributed by atoms with van der Waals surface area (Å²) in [6, 6.07) is 0. The highest BCUT2D eigenvalue weighted by Gasteiger charge is 2.16. The summed E-state index contributed by atoms with van der Waals surface area (Å²) in [4.78, 5) is 7.21. The minimum atomic E-state index is -2.30. The topological polar surface area (TPSA) is 81.5 Å². The Morgan fingerprint density at radius 3 is 2.00 bits per heavy atom. The van der Waals surface area contributed by atoms with E-state index < -0.39 is 11.1 Å². The third-order valence-electron chi connectivity index (χ3n) is 1.31. The number of nitrogens with zero attached hydrogens (tertiary/aromatic N) is 2. The van der Waals surface area contributed by atoms with Crippen molar-refractivity contribution in [2.24, 2.45) is 0 Å². The van der Waals surface area contributed by atoms with Crippen LogP contribution in [0.15, 0.2) is 5.16 Å². The molecule has 0 radical (unpaired) electrons. The van der Waals surface area contributed by atoms with Crippen LogP contribution in [0.1, 0.15) is 0 Å². The van der Waals surface area contributed by atoms with Crippen LogP contribution in [0.25, 0.3) is 0 Å². The Morgan fingerprint density at radius 1 is 1.29 bits per heavy atom. The molecule has 1 N–H and O–H groups in total. The third kappa shape index (κ3) is 2.11. The van der Waals surface area contributed by atoms with Crippen LogP contribution in [0, 0.1) is 0 Å². The minimum Gasteiger partial charge on any atom is -0.480 e. The van der Waals surface area contributed by atoms with Crippen molar-refractivity contribution in [2.75, 3.05) is 14.2 Å². The van der Waals surface area contributed by atoms with Gasteiger partial charge in [0.1, 0.15) is 0 Å². The minimum absolute atomic E-state index is 0.00378. The number of aromatic nitrogens is 2. The summed E-state index contributed by atoms with van der Waals surface area (Å²) < 4.78 is 29.0. The Kier molecular flexibility index (Phi) is 3.62. The maximum absolute atomic E-state index is 10.7. The molecule has 8 heteroatoms. The first-order valence-electron chi connectivity index (χ1n) is 3.36.